The highest BCUT2D eigenvalue weighted by atomic mass is 16.7. The van der Waals surface area contributed by atoms with Gasteiger partial charge in [0.15, 0.2) is 0 Å². The fourth-order valence-electron chi connectivity index (χ4n) is 3.26. The van der Waals surface area contributed by atoms with Gasteiger partial charge in [-0.3, -0.25) is 4.79 Å². The quantitative estimate of drug-likeness (QED) is 0.852. The Kier molecular flexibility index (Phi) is 4.82. The Hall–Kier alpha value is -1.59. The van der Waals surface area contributed by atoms with Crippen molar-refractivity contribution < 1.29 is 14.1 Å². The van der Waals surface area contributed by atoms with Crippen LogP contribution in [0.1, 0.15) is 58.9 Å². The maximum atomic E-state index is 12.5. The monoisotopic (exact) mass is 341 g/mol. The number of rotatable bonds is 3. The van der Waals surface area contributed by atoms with E-state index < -0.39 is 7.12 Å². The minimum absolute atomic E-state index is 0.00821. The lowest BCUT2D eigenvalue weighted by atomic mass is 9.76. The van der Waals surface area contributed by atoms with E-state index in [0.29, 0.717) is 0 Å². The molecule has 25 heavy (non-hydrogen) atoms. The third-order valence-electron chi connectivity index (χ3n) is 5.71. The van der Waals surface area contributed by atoms with E-state index in [1.165, 1.54) is 6.42 Å². The Morgan fingerprint density at radius 3 is 2.40 bits per heavy atom. The number of carbonyl (C=O) groups excluding carboxylic acids is 1. The first-order valence-corrected chi connectivity index (χ1v) is 9.17. The minimum Gasteiger partial charge on any atom is -0.399 e. The van der Waals surface area contributed by atoms with Gasteiger partial charge in [0, 0.05) is 11.3 Å². The molecule has 1 aromatic carbocycles. The molecule has 0 radical (unpaired) electrons. The smallest absolute Gasteiger partial charge is 0.399 e. The standard InChI is InChI=1S/C20H28BNO3/c1-14-16(21-24-19(2,3)20(4,5)25-21)12-9-13-17(14)22-18(23)15-10-7-6-8-11-15/h9-10,12-13H,6-8,11H2,1-5H3,(H,22,23). The normalized spacial score (nSPS) is 21.8. The Morgan fingerprint density at radius 1 is 1.12 bits per heavy atom. The molecule has 4 nitrogen and oxygen atoms in total. The van der Waals surface area contributed by atoms with Crippen LogP contribution in [0.5, 0.6) is 0 Å². The van der Waals surface area contributed by atoms with Crippen LogP contribution in [0.15, 0.2) is 29.8 Å². The molecule has 5 heteroatoms. The second-order valence-electron chi connectivity index (χ2n) is 8.04. The Balaban J connectivity index is 1.81. The SMILES string of the molecule is Cc1c(NC(=O)C2=CCCCC2)cccc1B1OC(C)(C)C(C)(C)O1. The Bertz CT molecular complexity index is 693. The van der Waals surface area contributed by atoms with Crippen LogP contribution in [0, 0.1) is 6.92 Å². The van der Waals surface area contributed by atoms with Crippen LogP contribution in [-0.2, 0) is 14.1 Å². The third-order valence-corrected chi connectivity index (χ3v) is 5.71. The second-order valence-corrected chi connectivity index (χ2v) is 8.04. The number of allylic oxidation sites excluding steroid dienone is 1. The van der Waals surface area contributed by atoms with Crippen LogP contribution in [0.25, 0.3) is 0 Å². The van der Waals surface area contributed by atoms with E-state index in [1.54, 1.807) is 0 Å². The largest absolute Gasteiger partial charge is 0.495 e. The lowest BCUT2D eigenvalue weighted by molar-refractivity contribution is -0.113. The average Bonchev–Trinajstić information content (AvgIpc) is 2.78. The van der Waals surface area contributed by atoms with E-state index >= 15 is 0 Å². The van der Waals surface area contributed by atoms with Crippen LogP contribution in [-0.4, -0.2) is 24.2 Å². The highest BCUT2D eigenvalue weighted by molar-refractivity contribution is 6.62. The first kappa shape index (κ1) is 18.2. The number of hydrogen-bond donors (Lipinski definition) is 1. The summed E-state index contributed by atoms with van der Waals surface area (Å²) in [7, 11) is -0.421. The van der Waals surface area contributed by atoms with Crippen molar-refractivity contribution in [1.82, 2.24) is 0 Å². The molecule has 1 fully saturated rings. The van der Waals surface area contributed by atoms with Crippen LogP contribution < -0.4 is 10.8 Å². The molecule has 1 amide bonds. The molecule has 0 spiro atoms. The molecule has 0 saturated carbocycles. The first-order chi connectivity index (χ1) is 11.7. The molecule has 0 atom stereocenters. The van der Waals surface area contributed by atoms with Gasteiger partial charge < -0.3 is 14.6 Å². The molecule has 2 aliphatic rings. The highest BCUT2D eigenvalue weighted by Gasteiger charge is 2.52. The summed E-state index contributed by atoms with van der Waals surface area (Å²) in [6.07, 6.45) is 6.18. The predicted molar refractivity (Wildman–Crippen MR) is 102 cm³/mol. The van der Waals surface area contributed by atoms with Crippen molar-refractivity contribution in [3.8, 4) is 0 Å². The number of anilines is 1. The van der Waals surface area contributed by atoms with Gasteiger partial charge in [0.1, 0.15) is 0 Å². The van der Waals surface area contributed by atoms with E-state index in [4.69, 9.17) is 9.31 Å². The maximum Gasteiger partial charge on any atom is 0.495 e. The zero-order chi connectivity index (χ0) is 18.2. The zero-order valence-corrected chi connectivity index (χ0v) is 15.9. The van der Waals surface area contributed by atoms with E-state index in [-0.39, 0.29) is 17.1 Å². The highest BCUT2D eigenvalue weighted by Crippen LogP contribution is 2.37. The van der Waals surface area contributed by atoms with Gasteiger partial charge in [-0.25, -0.2) is 0 Å². The third kappa shape index (κ3) is 3.53. The van der Waals surface area contributed by atoms with Gasteiger partial charge in [-0.1, -0.05) is 18.2 Å². The lowest BCUT2D eigenvalue weighted by Crippen LogP contribution is -2.41. The summed E-state index contributed by atoms with van der Waals surface area (Å²) < 4.78 is 12.3. The van der Waals surface area contributed by atoms with E-state index in [0.717, 1.165) is 41.5 Å². The molecule has 1 aliphatic carbocycles. The van der Waals surface area contributed by atoms with Gasteiger partial charge in [-0.15, -0.1) is 0 Å². The summed E-state index contributed by atoms with van der Waals surface area (Å²) in [4.78, 5) is 12.5. The van der Waals surface area contributed by atoms with Gasteiger partial charge in [0.05, 0.1) is 11.2 Å². The molecule has 1 aliphatic heterocycles. The van der Waals surface area contributed by atoms with Crippen LogP contribution >= 0.6 is 0 Å². The summed E-state index contributed by atoms with van der Waals surface area (Å²) in [5.41, 5.74) is 2.92. The number of hydrogen-bond acceptors (Lipinski definition) is 3. The summed E-state index contributed by atoms with van der Waals surface area (Å²) in [6.45, 7) is 10.2. The molecular weight excluding hydrogens is 313 g/mol. The minimum atomic E-state index is -0.421. The van der Waals surface area contributed by atoms with Crippen molar-refractivity contribution in [2.75, 3.05) is 5.32 Å². The maximum absolute atomic E-state index is 12.5. The van der Waals surface area contributed by atoms with Gasteiger partial charge >= 0.3 is 7.12 Å². The van der Waals surface area contributed by atoms with Crippen molar-refractivity contribution >= 4 is 24.2 Å². The number of amides is 1. The molecule has 1 saturated heterocycles. The summed E-state index contributed by atoms with van der Waals surface area (Å²) >= 11 is 0. The molecule has 0 aromatic heterocycles. The van der Waals surface area contributed by atoms with Crippen LogP contribution in [0.4, 0.5) is 5.69 Å². The molecule has 1 heterocycles. The molecule has 1 aromatic rings. The van der Waals surface area contributed by atoms with Gasteiger partial charge in [-0.2, -0.15) is 0 Å². The van der Waals surface area contributed by atoms with E-state index in [1.807, 2.05) is 52.8 Å². The molecular formula is C20H28BNO3. The lowest BCUT2D eigenvalue weighted by Gasteiger charge is -2.32. The van der Waals surface area contributed by atoms with Gasteiger partial charge in [0.2, 0.25) is 0 Å². The molecule has 0 bridgehead atoms. The first-order valence-electron chi connectivity index (χ1n) is 9.17. The predicted octanol–water partition coefficient (Wildman–Crippen LogP) is 3.73. The van der Waals surface area contributed by atoms with E-state index in [9.17, 15) is 4.79 Å². The number of carbonyl (C=O) groups is 1. The topological polar surface area (TPSA) is 47.6 Å². The summed E-state index contributed by atoms with van der Waals surface area (Å²) in [5, 5.41) is 3.07. The Labute approximate surface area is 151 Å². The summed E-state index contributed by atoms with van der Waals surface area (Å²) in [5.74, 6) is 0.00821. The Morgan fingerprint density at radius 2 is 1.80 bits per heavy atom. The van der Waals surface area contributed by atoms with Crippen LogP contribution in [0.2, 0.25) is 0 Å². The fourth-order valence-corrected chi connectivity index (χ4v) is 3.26. The molecule has 3 rings (SSSR count). The molecule has 1 N–H and O–H groups in total. The average molecular weight is 341 g/mol. The van der Waals surface area contributed by atoms with Crippen molar-refractivity contribution in [3.63, 3.8) is 0 Å². The number of nitrogens with one attached hydrogen (secondary N) is 1. The second kappa shape index (κ2) is 6.62. The van der Waals surface area contributed by atoms with Gasteiger partial charge in [-0.05, 0) is 77.4 Å². The summed E-state index contributed by atoms with van der Waals surface area (Å²) in [6, 6.07) is 5.89. The van der Waals surface area contributed by atoms with Crippen molar-refractivity contribution in [2.24, 2.45) is 0 Å². The van der Waals surface area contributed by atoms with Gasteiger partial charge in [0.25, 0.3) is 5.91 Å². The zero-order valence-electron chi connectivity index (χ0n) is 15.9. The van der Waals surface area contributed by atoms with Crippen molar-refractivity contribution in [3.05, 3.63) is 35.4 Å². The van der Waals surface area contributed by atoms with Crippen molar-refractivity contribution in [1.29, 1.82) is 0 Å². The van der Waals surface area contributed by atoms with E-state index in [2.05, 4.69) is 11.4 Å². The molecule has 0 unspecified atom stereocenters. The number of benzene rings is 1. The fraction of sp³-hybridized carbons (Fsp3) is 0.550. The molecule has 134 valence electrons. The van der Waals surface area contributed by atoms with Crippen molar-refractivity contribution in [2.45, 2.75) is 71.5 Å². The van der Waals surface area contributed by atoms with Crippen LogP contribution in [0.3, 0.4) is 0 Å².